The van der Waals surface area contributed by atoms with Crippen LogP contribution < -0.4 is 0 Å². The van der Waals surface area contributed by atoms with Crippen molar-refractivity contribution in [2.24, 2.45) is 0 Å². The van der Waals surface area contributed by atoms with Crippen LogP contribution in [0.3, 0.4) is 0 Å². The van der Waals surface area contributed by atoms with E-state index in [2.05, 4.69) is 0 Å². The topological polar surface area (TPSA) is 64.3 Å². The Bertz CT molecular complexity index is 298. The van der Waals surface area contributed by atoms with E-state index in [0.29, 0.717) is 6.04 Å². The lowest BCUT2D eigenvalue weighted by Gasteiger charge is -2.30. The summed E-state index contributed by atoms with van der Waals surface area (Å²) in [5, 5.41) is 17.3. The molecule has 0 amide bonds. The van der Waals surface area contributed by atoms with Crippen molar-refractivity contribution < 1.29 is 9.90 Å². The van der Waals surface area contributed by atoms with Crippen molar-refractivity contribution >= 4 is 5.97 Å². The van der Waals surface area contributed by atoms with Gasteiger partial charge in [-0.1, -0.05) is 19.3 Å². The second-order valence-electron chi connectivity index (χ2n) is 3.92. The minimum Gasteiger partial charge on any atom is -0.477 e. The lowest BCUT2D eigenvalue weighted by Crippen LogP contribution is -2.29. The average molecular weight is 208 g/mol. The highest BCUT2D eigenvalue weighted by Crippen LogP contribution is 2.22. The maximum Gasteiger partial charge on any atom is 0.347 e. The Balaban J connectivity index is 2.63. The van der Waals surface area contributed by atoms with Crippen LogP contribution in [0.5, 0.6) is 0 Å². The maximum atomic E-state index is 10.6. The smallest absolute Gasteiger partial charge is 0.347 e. The molecule has 4 heteroatoms. The third-order valence-electron chi connectivity index (χ3n) is 2.83. The fourth-order valence-electron chi connectivity index (χ4n) is 1.93. The molecule has 0 spiro atoms. The van der Waals surface area contributed by atoms with Crippen LogP contribution in [-0.2, 0) is 4.79 Å². The molecular weight excluding hydrogens is 192 g/mol. The number of carboxylic acid groups (broad SMARTS) is 1. The van der Waals surface area contributed by atoms with Gasteiger partial charge in [-0.15, -0.1) is 0 Å². The highest BCUT2D eigenvalue weighted by atomic mass is 16.4. The Hall–Kier alpha value is -1.50. The largest absolute Gasteiger partial charge is 0.477 e. The zero-order valence-corrected chi connectivity index (χ0v) is 8.94. The summed E-state index contributed by atoms with van der Waals surface area (Å²) in [5.41, 5.74) is -0.192. The van der Waals surface area contributed by atoms with Gasteiger partial charge in [0.05, 0.1) is 0 Å². The number of hydrogen-bond donors (Lipinski definition) is 1. The van der Waals surface area contributed by atoms with E-state index >= 15 is 0 Å². The van der Waals surface area contributed by atoms with Crippen molar-refractivity contribution in [3.63, 3.8) is 0 Å². The molecule has 15 heavy (non-hydrogen) atoms. The van der Waals surface area contributed by atoms with Crippen LogP contribution in [-0.4, -0.2) is 29.1 Å². The molecule has 0 unspecified atom stereocenters. The van der Waals surface area contributed by atoms with E-state index in [9.17, 15) is 4.79 Å². The molecule has 0 aromatic rings. The van der Waals surface area contributed by atoms with Gasteiger partial charge >= 0.3 is 5.97 Å². The first-order chi connectivity index (χ1) is 7.15. The molecule has 82 valence electrons. The summed E-state index contributed by atoms with van der Waals surface area (Å²) in [4.78, 5) is 12.5. The first-order valence-corrected chi connectivity index (χ1v) is 5.22. The van der Waals surface area contributed by atoms with Gasteiger partial charge in [0.15, 0.2) is 5.57 Å². The summed E-state index contributed by atoms with van der Waals surface area (Å²) >= 11 is 0. The number of rotatable bonds is 3. The second kappa shape index (κ2) is 5.40. The quantitative estimate of drug-likeness (QED) is 0.566. The molecule has 0 atom stereocenters. The fourth-order valence-corrected chi connectivity index (χ4v) is 1.93. The van der Waals surface area contributed by atoms with Crippen LogP contribution in [0, 0.1) is 11.3 Å². The summed E-state index contributed by atoms with van der Waals surface area (Å²) in [6, 6.07) is 2.08. The number of carboxylic acids is 1. The van der Waals surface area contributed by atoms with Gasteiger partial charge in [0.2, 0.25) is 0 Å². The van der Waals surface area contributed by atoms with E-state index in [1.54, 1.807) is 6.07 Å². The molecule has 1 saturated carbocycles. The first kappa shape index (κ1) is 11.6. The van der Waals surface area contributed by atoms with E-state index in [1.807, 2.05) is 11.9 Å². The lowest BCUT2D eigenvalue weighted by molar-refractivity contribution is -0.132. The zero-order chi connectivity index (χ0) is 11.3. The third-order valence-corrected chi connectivity index (χ3v) is 2.83. The van der Waals surface area contributed by atoms with Crippen LogP contribution >= 0.6 is 0 Å². The standard InChI is InChI=1S/C11H16N2O2/c1-13(8-9(7-12)11(14)15)10-5-3-2-4-6-10/h8,10H,2-6H2,1H3,(H,14,15). The molecule has 0 aromatic heterocycles. The van der Waals surface area contributed by atoms with Crippen LogP contribution in [0.4, 0.5) is 0 Å². The highest BCUT2D eigenvalue weighted by molar-refractivity contribution is 5.90. The summed E-state index contributed by atoms with van der Waals surface area (Å²) in [6.07, 6.45) is 7.27. The van der Waals surface area contributed by atoms with Crippen molar-refractivity contribution in [2.45, 2.75) is 38.1 Å². The molecule has 4 nitrogen and oxygen atoms in total. The molecule has 1 N–H and O–H groups in total. The molecule has 1 rings (SSSR count). The Morgan fingerprint density at radius 1 is 1.47 bits per heavy atom. The fraction of sp³-hybridized carbons (Fsp3) is 0.636. The Kier molecular flexibility index (Phi) is 4.17. The normalized spacial score (nSPS) is 18.3. The number of nitrogens with zero attached hydrogens (tertiary/aromatic N) is 2. The summed E-state index contributed by atoms with van der Waals surface area (Å²) in [7, 11) is 1.84. The van der Waals surface area contributed by atoms with Crippen LogP contribution in [0.1, 0.15) is 32.1 Å². The van der Waals surface area contributed by atoms with E-state index in [-0.39, 0.29) is 5.57 Å². The van der Waals surface area contributed by atoms with E-state index in [1.165, 1.54) is 25.5 Å². The van der Waals surface area contributed by atoms with Crippen LogP contribution in [0.15, 0.2) is 11.8 Å². The number of carbonyl (C=O) groups is 1. The molecule has 0 aliphatic heterocycles. The molecule has 1 aliphatic carbocycles. The Morgan fingerprint density at radius 3 is 2.53 bits per heavy atom. The third kappa shape index (κ3) is 3.28. The Morgan fingerprint density at radius 2 is 2.07 bits per heavy atom. The zero-order valence-electron chi connectivity index (χ0n) is 8.94. The summed E-state index contributed by atoms with van der Waals surface area (Å²) < 4.78 is 0. The van der Waals surface area contributed by atoms with E-state index in [4.69, 9.17) is 10.4 Å². The van der Waals surface area contributed by atoms with Crippen molar-refractivity contribution in [3.05, 3.63) is 11.8 Å². The number of hydrogen-bond acceptors (Lipinski definition) is 3. The average Bonchev–Trinajstić information content (AvgIpc) is 2.26. The highest BCUT2D eigenvalue weighted by Gasteiger charge is 2.17. The molecule has 0 radical (unpaired) electrons. The predicted molar refractivity (Wildman–Crippen MR) is 56.0 cm³/mol. The molecule has 1 fully saturated rings. The van der Waals surface area contributed by atoms with Crippen molar-refractivity contribution in [2.75, 3.05) is 7.05 Å². The van der Waals surface area contributed by atoms with Gasteiger partial charge in [0, 0.05) is 19.3 Å². The van der Waals surface area contributed by atoms with Crippen molar-refractivity contribution in [3.8, 4) is 6.07 Å². The number of aliphatic carboxylic acids is 1. The second-order valence-corrected chi connectivity index (χ2v) is 3.92. The van der Waals surface area contributed by atoms with Gasteiger partial charge in [-0.05, 0) is 12.8 Å². The Labute approximate surface area is 89.8 Å². The maximum absolute atomic E-state index is 10.6. The van der Waals surface area contributed by atoms with Gasteiger partial charge in [0.1, 0.15) is 6.07 Å². The lowest BCUT2D eigenvalue weighted by atomic mass is 9.94. The first-order valence-electron chi connectivity index (χ1n) is 5.22. The summed E-state index contributed by atoms with van der Waals surface area (Å²) in [6.45, 7) is 0. The van der Waals surface area contributed by atoms with Gasteiger partial charge in [-0.25, -0.2) is 4.79 Å². The predicted octanol–water partition coefficient (Wildman–Crippen LogP) is 1.74. The summed E-state index contributed by atoms with van der Waals surface area (Å²) in [5.74, 6) is -1.15. The van der Waals surface area contributed by atoms with Crippen LogP contribution in [0.25, 0.3) is 0 Å². The van der Waals surface area contributed by atoms with E-state index in [0.717, 1.165) is 12.8 Å². The van der Waals surface area contributed by atoms with Crippen molar-refractivity contribution in [1.29, 1.82) is 5.26 Å². The monoisotopic (exact) mass is 208 g/mol. The van der Waals surface area contributed by atoms with Gasteiger partial charge in [0.25, 0.3) is 0 Å². The molecule has 0 aromatic carbocycles. The van der Waals surface area contributed by atoms with Crippen LogP contribution in [0.2, 0.25) is 0 Å². The molecule has 0 heterocycles. The molecule has 0 saturated heterocycles. The van der Waals surface area contributed by atoms with Gasteiger partial charge in [-0.2, -0.15) is 5.26 Å². The SMILES string of the molecule is CN(C=C(C#N)C(=O)O)C1CCCCC1. The minimum atomic E-state index is -1.15. The molecule has 1 aliphatic rings. The minimum absolute atomic E-state index is 0.192. The van der Waals surface area contributed by atoms with Gasteiger partial charge < -0.3 is 10.0 Å². The van der Waals surface area contributed by atoms with Gasteiger partial charge in [-0.3, -0.25) is 0 Å². The molecule has 0 bridgehead atoms. The van der Waals surface area contributed by atoms with E-state index < -0.39 is 5.97 Å². The van der Waals surface area contributed by atoms with Crippen molar-refractivity contribution in [1.82, 2.24) is 4.90 Å². The number of nitriles is 1. The molecular formula is C11H16N2O2.